The molecule has 3 unspecified atom stereocenters. The van der Waals surface area contributed by atoms with Gasteiger partial charge < -0.3 is 4.74 Å². The van der Waals surface area contributed by atoms with Gasteiger partial charge in [-0.05, 0) is 36.1 Å². The first-order valence-electron chi connectivity index (χ1n) is 6.94. The maximum absolute atomic E-state index is 6.32. The number of ether oxygens (including phenoxy) is 1. The molecule has 0 amide bonds. The zero-order chi connectivity index (χ0) is 14.5. The molecule has 0 N–H and O–H groups in total. The topological polar surface area (TPSA) is 12.5 Å². The van der Waals surface area contributed by atoms with Crippen molar-refractivity contribution in [2.24, 2.45) is 5.41 Å². The lowest BCUT2D eigenvalue weighted by molar-refractivity contribution is 0.242. The Morgan fingerprint density at radius 2 is 2.15 bits per heavy atom. The molecule has 3 rings (SSSR count). The highest BCUT2D eigenvalue weighted by Crippen LogP contribution is 2.69. The maximum Gasteiger partial charge on any atom is 0.123 e. The van der Waals surface area contributed by atoms with E-state index in [4.69, 9.17) is 40.6 Å². The monoisotopic (exact) mass is 328 g/mol. The zero-order valence-corrected chi connectivity index (χ0v) is 13.9. The molecule has 1 aromatic carbocycles. The molecule has 1 saturated heterocycles. The molecule has 1 saturated carbocycles. The molecule has 2 aliphatic rings. The van der Waals surface area contributed by atoms with Crippen LogP contribution in [0.4, 0.5) is 0 Å². The lowest BCUT2D eigenvalue weighted by Crippen LogP contribution is -2.30. The van der Waals surface area contributed by atoms with Crippen LogP contribution in [-0.2, 0) is 4.74 Å². The molecule has 3 atom stereocenters. The van der Waals surface area contributed by atoms with Gasteiger partial charge in [0.25, 0.3) is 0 Å². The summed E-state index contributed by atoms with van der Waals surface area (Å²) < 4.78 is 5.91. The van der Waals surface area contributed by atoms with Crippen molar-refractivity contribution in [1.82, 2.24) is 0 Å². The third kappa shape index (κ3) is 2.04. The van der Waals surface area contributed by atoms with Gasteiger partial charge in [-0.25, -0.2) is 0 Å². The van der Waals surface area contributed by atoms with Gasteiger partial charge in [0.15, 0.2) is 0 Å². The molecule has 1 heterocycles. The Morgan fingerprint density at radius 1 is 1.50 bits per heavy atom. The summed E-state index contributed by atoms with van der Waals surface area (Å²) in [5.74, 6) is 0. The van der Waals surface area contributed by atoms with E-state index < -0.39 is 0 Å². The van der Waals surface area contributed by atoms with Crippen LogP contribution in [0.3, 0.4) is 0 Å². The van der Waals surface area contributed by atoms with Gasteiger partial charge in [-0.2, -0.15) is 12.6 Å². The molecule has 0 bridgehead atoms. The van der Waals surface area contributed by atoms with Gasteiger partial charge in [-0.3, -0.25) is 0 Å². The zero-order valence-electron chi connectivity index (χ0n) is 11.5. The molecule has 0 spiro atoms. The molecule has 4 heteroatoms. The summed E-state index contributed by atoms with van der Waals surface area (Å²) >= 11 is 17.0. The van der Waals surface area contributed by atoms with Crippen LogP contribution in [-0.4, -0.2) is 17.5 Å². The number of hydrogen-bond acceptors (Lipinski definition) is 2. The van der Waals surface area contributed by atoms with E-state index in [9.17, 15) is 0 Å². The van der Waals surface area contributed by atoms with Crippen LogP contribution in [0.2, 0.25) is 10.0 Å². The molecule has 2 fully saturated rings. The minimum Gasteiger partial charge on any atom is -0.364 e. The van der Waals surface area contributed by atoms with Gasteiger partial charge >= 0.3 is 0 Å². The van der Waals surface area contributed by atoms with Crippen molar-refractivity contribution in [2.45, 2.75) is 37.0 Å². The fourth-order valence-electron chi connectivity index (χ4n) is 3.42. The fraction of sp³-hybridized carbons (Fsp3) is 0.500. The third-order valence-electron chi connectivity index (χ3n) is 4.71. The Labute approximate surface area is 135 Å². The average molecular weight is 329 g/mol. The highest BCUT2D eigenvalue weighted by atomic mass is 35.5. The summed E-state index contributed by atoms with van der Waals surface area (Å²) in [4.78, 5) is 0. The number of thiol groups is 1. The van der Waals surface area contributed by atoms with E-state index in [2.05, 4.69) is 13.5 Å². The van der Waals surface area contributed by atoms with Gasteiger partial charge in [0.2, 0.25) is 0 Å². The standard InChI is InChI=1S/C16H18Cl2OS/c1-3-6-15(8-14(15)20)16(9-19-16)10(2)12-5-4-11(17)7-13(12)18/h4-5,7,14,20H,2-3,6,8-9H2,1H3. The van der Waals surface area contributed by atoms with E-state index >= 15 is 0 Å². The Balaban J connectivity index is 1.94. The molecule has 1 nitrogen and oxygen atoms in total. The highest BCUT2D eigenvalue weighted by molar-refractivity contribution is 7.81. The van der Waals surface area contributed by atoms with Crippen LogP contribution in [0.25, 0.3) is 5.57 Å². The molecular formula is C16H18Cl2OS. The second kappa shape index (κ2) is 4.95. The Bertz CT molecular complexity index is 568. The number of benzene rings is 1. The van der Waals surface area contributed by atoms with E-state index in [-0.39, 0.29) is 11.0 Å². The lowest BCUT2D eigenvalue weighted by Gasteiger charge is -2.27. The Kier molecular flexibility index (Phi) is 3.65. The third-order valence-corrected chi connectivity index (χ3v) is 5.94. The Hall–Kier alpha value is -0.150. The number of hydrogen-bond donors (Lipinski definition) is 1. The first-order chi connectivity index (χ1) is 9.47. The quantitative estimate of drug-likeness (QED) is 0.574. The van der Waals surface area contributed by atoms with E-state index in [0.717, 1.165) is 37.0 Å². The SMILES string of the molecule is C=C(c1ccc(Cl)cc1Cl)C1(C2(CCC)CC2S)CO1. The minimum atomic E-state index is -0.271. The molecular weight excluding hydrogens is 311 g/mol. The molecule has 0 aromatic heterocycles. The summed E-state index contributed by atoms with van der Waals surface area (Å²) in [5, 5.41) is 1.67. The van der Waals surface area contributed by atoms with E-state index in [1.54, 1.807) is 6.07 Å². The first kappa shape index (κ1) is 14.8. The fourth-order valence-corrected chi connectivity index (χ4v) is 4.61. The first-order valence-corrected chi connectivity index (χ1v) is 8.21. The summed E-state index contributed by atoms with van der Waals surface area (Å²) in [6, 6.07) is 5.55. The summed E-state index contributed by atoms with van der Waals surface area (Å²) in [7, 11) is 0. The highest BCUT2D eigenvalue weighted by Gasteiger charge is 2.72. The van der Waals surface area contributed by atoms with Crippen molar-refractivity contribution >= 4 is 41.4 Å². The predicted octanol–water partition coefficient (Wildman–Crippen LogP) is 5.26. The van der Waals surface area contributed by atoms with E-state index in [0.29, 0.717) is 15.3 Å². The van der Waals surface area contributed by atoms with Crippen molar-refractivity contribution in [3.05, 3.63) is 40.4 Å². The van der Waals surface area contributed by atoms with Crippen LogP contribution in [0, 0.1) is 5.41 Å². The smallest absolute Gasteiger partial charge is 0.123 e. The number of epoxide rings is 1. The second-order valence-electron chi connectivity index (χ2n) is 5.84. The summed E-state index contributed by atoms with van der Waals surface area (Å²) in [6.07, 6.45) is 3.34. The van der Waals surface area contributed by atoms with Gasteiger partial charge in [0.1, 0.15) is 5.60 Å². The molecule has 1 aliphatic carbocycles. The van der Waals surface area contributed by atoms with Crippen LogP contribution in [0.1, 0.15) is 31.7 Å². The van der Waals surface area contributed by atoms with Crippen molar-refractivity contribution in [3.8, 4) is 0 Å². The van der Waals surface area contributed by atoms with Crippen LogP contribution >= 0.6 is 35.8 Å². The van der Waals surface area contributed by atoms with Gasteiger partial charge in [-0.15, -0.1) is 0 Å². The van der Waals surface area contributed by atoms with Crippen molar-refractivity contribution in [1.29, 1.82) is 0 Å². The second-order valence-corrected chi connectivity index (χ2v) is 7.31. The van der Waals surface area contributed by atoms with Gasteiger partial charge in [0.05, 0.1) is 6.61 Å². The van der Waals surface area contributed by atoms with E-state index in [1.165, 1.54) is 0 Å². The summed E-state index contributed by atoms with van der Waals surface area (Å²) in [5.41, 5.74) is 1.78. The van der Waals surface area contributed by atoms with Crippen molar-refractivity contribution < 1.29 is 4.74 Å². The van der Waals surface area contributed by atoms with Crippen molar-refractivity contribution in [3.63, 3.8) is 0 Å². The number of rotatable bonds is 5. The van der Waals surface area contributed by atoms with Crippen molar-refractivity contribution in [2.75, 3.05) is 6.61 Å². The molecule has 1 aliphatic heterocycles. The molecule has 0 radical (unpaired) electrons. The molecule has 1 aromatic rings. The normalized spacial score (nSPS) is 34.9. The van der Waals surface area contributed by atoms with Gasteiger partial charge in [0, 0.05) is 20.7 Å². The van der Waals surface area contributed by atoms with Crippen LogP contribution in [0.15, 0.2) is 24.8 Å². The van der Waals surface area contributed by atoms with Crippen LogP contribution in [0.5, 0.6) is 0 Å². The average Bonchev–Trinajstić information content (AvgIpc) is 3.27. The molecule has 108 valence electrons. The minimum absolute atomic E-state index is 0.130. The summed E-state index contributed by atoms with van der Waals surface area (Å²) in [6.45, 7) is 7.21. The van der Waals surface area contributed by atoms with Gasteiger partial charge in [-0.1, -0.05) is 49.2 Å². The Morgan fingerprint density at radius 3 is 2.60 bits per heavy atom. The largest absolute Gasteiger partial charge is 0.364 e. The number of halogens is 2. The molecule has 20 heavy (non-hydrogen) atoms. The van der Waals surface area contributed by atoms with Crippen LogP contribution < -0.4 is 0 Å². The lowest BCUT2D eigenvalue weighted by atomic mass is 9.78. The maximum atomic E-state index is 6.32. The predicted molar refractivity (Wildman–Crippen MR) is 88.9 cm³/mol. The van der Waals surface area contributed by atoms with E-state index in [1.807, 2.05) is 12.1 Å².